The van der Waals surface area contributed by atoms with E-state index in [0.717, 1.165) is 11.9 Å². The van der Waals surface area contributed by atoms with Crippen LogP contribution in [0.25, 0.3) is 10.8 Å². The minimum atomic E-state index is 1.06. The first kappa shape index (κ1) is 9.66. The number of halogens is 1. The van der Waals surface area contributed by atoms with Crippen LogP contribution >= 0.6 is 15.9 Å². The van der Waals surface area contributed by atoms with Crippen LogP contribution in [0.2, 0.25) is 0 Å². The Morgan fingerprint density at radius 2 is 1.86 bits per heavy atom. The molecule has 14 heavy (non-hydrogen) atoms. The number of fused-ring (bicyclic) bond motifs is 1. The fraction of sp³-hybridized carbons (Fsp3) is 0.250. The SMILES string of the molecule is BrCCC[n+]1ccc2ccccc2c1. The predicted octanol–water partition coefficient (Wildman–Crippen LogP) is 2.91. The Bertz CT molecular complexity index is 425. The Morgan fingerprint density at radius 1 is 1.07 bits per heavy atom. The van der Waals surface area contributed by atoms with Crippen LogP contribution in [0.4, 0.5) is 0 Å². The van der Waals surface area contributed by atoms with Gasteiger partial charge in [0, 0.05) is 23.2 Å². The van der Waals surface area contributed by atoms with Crippen molar-refractivity contribution in [1.82, 2.24) is 0 Å². The van der Waals surface area contributed by atoms with Gasteiger partial charge in [0.2, 0.25) is 0 Å². The van der Waals surface area contributed by atoms with Crippen molar-refractivity contribution in [2.24, 2.45) is 0 Å². The van der Waals surface area contributed by atoms with Crippen LogP contribution < -0.4 is 4.57 Å². The summed E-state index contributed by atoms with van der Waals surface area (Å²) < 4.78 is 2.24. The van der Waals surface area contributed by atoms with E-state index in [0.29, 0.717) is 0 Å². The van der Waals surface area contributed by atoms with E-state index in [2.05, 4.69) is 63.2 Å². The molecule has 1 aromatic carbocycles. The van der Waals surface area contributed by atoms with Crippen LogP contribution in [0, 0.1) is 0 Å². The van der Waals surface area contributed by atoms with Gasteiger partial charge in [0.05, 0.1) is 0 Å². The second-order valence-electron chi connectivity index (χ2n) is 3.35. The fourth-order valence-corrected chi connectivity index (χ4v) is 1.81. The maximum atomic E-state index is 3.44. The first-order valence-corrected chi connectivity index (χ1v) is 5.96. The highest BCUT2D eigenvalue weighted by molar-refractivity contribution is 9.09. The molecule has 2 aromatic rings. The number of aryl methyl sites for hydroxylation is 1. The fourth-order valence-electron chi connectivity index (χ4n) is 1.56. The summed E-state index contributed by atoms with van der Waals surface area (Å²) >= 11 is 3.44. The van der Waals surface area contributed by atoms with Crippen molar-refractivity contribution in [3.05, 3.63) is 42.7 Å². The lowest BCUT2D eigenvalue weighted by Gasteiger charge is -1.97. The molecule has 0 saturated carbocycles. The minimum absolute atomic E-state index is 1.06. The van der Waals surface area contributed by atoms with E-state index >= 15 is 0 Å². The third-order valence-corrected chi connectivity index (χ3v) is 2.86. The maximum Gasteiger partial charge on any atom is 0.176 e. The van der Waals surface area contributed by atoms with E-state index in [4.69, 9.17) is 0 Å². The van der Waals surface area contributed by atoms with Gasteiger partial charge < -0.3 is 0 Å². The van der Waals surface area contributed by atoms with Gasteiger partial charge in [-0.15, -0.1) is 0 Å². The zero-order valence-electron chi connectivity index (χ0n) is 7.99. The smallest absolute Gasteiger partial charge is 0.176 e. The quantitative estimate of drug-likeness (QED) is 0.583. The molecule has 0 spiro atoms. The number of rotatable bonds is 3. The zero-order valence-corrected chi connectivity index (χ0v) is 9.57. The Kier molecular flexibility index (Phi) is 3.14. The molecule has 0 aliphatic heterocycles. The molecular weight excluding hydrogens is 238 g/mol. The van der Waals surface area contributed by atoms with Crippen molar-refractivity contribution in [3.8, 4) is 0 Å². The van der Waals surface area contributed by atoms with E-state index in [1.54, 1.807) is 0 Å². The molecule has 0 radical (unpaired) electrons. The average Bonchev–Trinajstić information content (AvgIpc) is 2.26. The molecule has 0 aliphatic rings. The highest BCUT2D eigenvalue weighted by Gasteiger charge is 2.00. The van der Waals surface area contributed by atoms with Gasteiger partial charge in [0.15, 0.2) is 12.4 Å². The van der Waals surface area contributed by atoms with Crippen LogP contribution in [0.3, 0.4) is 0 Å². The standard InChI is InChI=1S/C12H13BrN/c13-7-3-8-14-9-6-11-4-1-2-5-12(11)10-14/h1-2,4-6,9-10H,3,7-8H2/q+1. The van der Waals surface area contributed by atoms with Crippen molar-refractivity contribution >= 4 is 26.7 Å². The first-order chi connectivity index (χ1) is 6.90. The molecule has 72 valence electrons. The lowest BCUT2D eigenvalue weighted by atomic mass is 10.2. The number of aromatic nitrogens is 1. The van der Waals surface area contributed by atoms with Gasteiger partial charge in [-0.25, -0.2) is 4.57 Å². The van der Waals surface area contributed by atoms with Crippen LogP contribution in [-0.2, 0) is 6.54 Å². The number of benzene rings is 1. The summed E-state index contributed by atoms with van der Waals surface area (Å²) in [6.07, 6.45) is 5.52. The predicted molar refractivity (Wildman–Crippen MR) is 62.6 cm³/mol. The molecular formula is C12H13BrN+. The summed E-state index contributed by atoms with van der Waals surface area (Å²) in [6, 6.07) is 10.6. The third-order valence-electron chi connectivity index (χ3n) is 2.30. The molecule has 2 rings (SSSR count). The lowest BCUT2D eigenvalue weighted by molar-refractivity contribution is -0.695. The van der Waals surface area contributed by atoms with Gasteiger partial charge in [-0.1, -0.05) is 34.1 Å². The lowest BCUT2D eigenvalue weighted by Crippen LogP contribution is -2.32. The summed E-state index contributed by atoms with van der Waals surface area (Å²) in [7, 11) is 0. The van der Waals surface area contributed by atoms with Gasteiger partial charge in [0.25, 0.3) is 0 Å². The van der Waals surface area contributed by atoms with Crippen molar-refractivity contribution < 1.29 is 4.57 Å². The number of hydrogen-bond donors (Lipinski definition) is 0. The summed E-state index contributed by atoms with van der Waals surface area (Å²) in [4.78, 5) is 0. The number of alkyl halides is 1. The van der Waals surface area contributed by atoms with Gasteiger partial charge >= 0.3 is 0 Å². The molecule has 0 aliphatic carbocycles. The second kappa shape index (κ2) is 4.56. The average molecular weight is 251 g/mol. The molecule has 0 atom stereocenters. The van der Waals surface area contributed by atoms with Gasteiger partial charge in [-0.05, 0) is 11.5 Å². The zero-order chi connectivity index (χ0) is 9.80. The molecule has 1 nitrogen and oxygen atoms in total. The minimum Gasteiger partial charge on any atom is -0.204 e. The molecule has 0 saturated heterocycles. The van der Waals surface area contributed by atoms with Crippen molar-refractivity contribution in [2.45, 2.75) is 13.0 Å². The van der Waals surface area contributed by atoms with E-state index in [9.17, 15) is 0 Å². The summed E-state index contributed by atoms with van der Waals surface area (Å²) in [5, 5.41) is 3.68. The molecule has 0 amide bonds. The summed E-state index contributed by atoms with van der Waals surface area (Å²) in [6.45, 7) is 1.08. The maximum absolute atomic E-state index is 3.44. The summed E-state index contributed by atoms with van der Waals surface area (Å²) in [5.74, 6) is 0. The highest BCUT2D eigenvalue weighted by atomic mass is 79.9. The van der Waals surface area contributed by atoms with Gasteiger partial charge in [0.1, 0.15) is 6.54 Å². The van der Waals surface area contributed by atoms with Crippen molar-refractivity contribution in [1.29, 1.82) is 0 Å². The normalized spacial score (nSPS) is 10.6. The Hall–Kier alpha value is -0.890. The monoisotopic (exact) mass is 250 g/mol. The van der Waals surface area contributed by atoms with Crippen LogP contribution in [0.15, 0.2) is 42.7 Å². The van der Waals surface area contributed by atoms with Gasteiger partial charge in [-0.3, -0.25) is 0 Å². The molecule has 0 unspecified atom stereocenters. The molecule has 1 aromatic heterocycles. The molecule has 1 heterocycles. The molecule has 0 N–H and O–H groups in total. The Morgan fingerprint density at radius 3 is 2.64 bits per heavy atom. The van der Waals surface area contributed by atoms with Crippen LogP contribution in [0.1, 0.15) is 6.42 Å². The van der Waals surface area contributed by atoms with Crippen LogP contribution in [-0.4, -0.2) is 5.33 Å². The highest BCUT2D eigenvalue weighted by Crippen LogP contribution is 2.09. The van der Waals surface area contributed by atoms with Crippen molar-refractivity contribution in [2.75, 3.05) is 5.33 Å². The van der Waals surface area contributed by atoms with Crippen molar-refractivity contribution in [3.63, 3.8) is 0 Å². The van der Waals surface area contributed by atoms with E-state index in [-0.39, 0.29) is 0 Å². The topological polar surface area (TPSA) is 3.88 Å². The Labute approximate surface area is 92.5 Å². The molecule has 0 fully saturated rings. The summed E-state index contributed by atoms with van der Waals surface area (Å²) in [5.41, 5.74) is 0. The first-order valence-electron chi connectivity index (χ1n) is 4.84. The van der Waals surface area contributed by atoms with Crippen LogP contribution in [0.5, 0.6) is 0 Å². The second-order valence-corrected chi connectivity index (χ2v) is 4.15. The number of pyridine rings is 1. The third kappa shape index (κ3) is 2.13. The van der Waals surface area contributed by atoms with Gasteiger partial charge in [-0.2, -0.15) is 0 Å². The van der Waals surface area contributed by atoms with E-state index < -0.39 is 0 Å². The van der Waals surface area contributed by atoms with E-state index in [1.807, 2.05) is 0 Å². The molecule has 2 heteroatoms. The largest absolute Gasteiger partial charge is 0.204 e. The number of hydrogen-bond acceptors (Lipinski definition) is 0. The van der Waals surface area contributed by atoms with E-state index in [1.165, 1.54) is 17.2 Å². The Balaban J connectivity index is 2.32. The number of nitrogens with zero attached hydrogens (tertiary/aromatic N) is 1. The molecule has 0 bridgehead atoms.